The van der Waals surface area contributed by atoms with Crippen LogP contribution in [0.5, 0.6) is 0 Å². The van der Waals surface area contributed by atoms with Gasteiger partial charge in [0, 0.05) is 19.7 Å². The highest BCUT2D eigenvalue weighted by atomic mass is 16.4. The number of aryl methyl sites for hydroxylation is 1. The predicted octanol–water partition coefficient (Wildman–Crippen LogP) is 0.489. The minimum atomic E-state index is -1.12. The molecule has 0 aromatic carbocycles. The van der Waals surface area contributed by atoms with Gasteiger partial charge in [-0.15, -0.1) is 0 Å². The molecule has 1 aromatic rings. The van der Waals surface area contributed by atoms with Crippen LogP contribution in [0, 0.1) is 0 Å². The van der Waals surface area contributed by atoms with Crippen LogP contribution >= 0.6 is 0 Å². The molecule has 0 bridgehead atoms. The average molecular weight is 182 g/mol. The van der Waals surface area contributed by atoms with Gasteiger partial charge in [-0.2, -0.15) is 5.10 Å². The van der Waals surface area contributed by atoms with E-state index in [1.807, 2.05) is 0 Å². The molecule has 0 spiro atoms. The molecule has 0 radical (unpaired) electrons. The third kappa shape index (κ3) is 2.33. The zero-order valence-corrected chi connectivity index (χ0v) is 7.14. The van der Waals surface area contributed by atoms with Gasteiger partial charge in [-0.3, -0.25) is 4.68 Å². The smallest absolute Gasteiger partial charge is 0.335 e. The highest BCUT2D eigenvalue weighted by molar-refractivity contribution is 5.86. The number of aliphatic hydroxyl groups excluding tert-OH is 1. The molecule has 0 aliphatic rings. The van der Waals surface area contributed by atoms with Crippen LogP contribution in [0.4, 0.5) is 0 Å². The van der Waals surface area contributed by atoms with E-state index < -0.39 is 5.97 Å². The van der Waals surface area contributed by atoms with Gasteiger partial charge in [0.15, 0.2) is 0 Å². The van der Waals surface area contributed by atoms with Crippen molar-refractivity contribution in [2.45, 2.75) is 6.42 Å². The van der Waals surface area contributed by atoms with Crippen molar-refractivity contribution in [1.29, 1.82) is 0 Å². The fourth-order valence-corrected chi connectivity index (χ4v) is 0.960. The van der Waals surface area contributed by atoms with Crippen molar-refractivity contribution >= 4 is 5.97 Å². The van der Waals surface area contributed by atoms with Gasteiger partial charge in [-0.25, -0.2) is 4.79 Å². The van der Waals surface area contributed by atoms with Crippen molar-refractivity contribution in [2.24, 2.45) is 7.05 Å². The third-order valence-corrected chi connectivity index (χ3v) is 1.58. The third-order valence-electron chi connectivity index (χ3n) is 1.58. The van der Waals surface area contributed by atoms with E-state index in [0.29, 0.717) is 6.26 Å². The molecule has 13 heavy (non-hydrogen) atoms. The molecule has 1 rings (SSSR count). The Morgan fingerprint density at radius 3 is 2.85 bits per heavy atom. The predicted molar refractivity (Wildman–Crippen MR) is 45.3 cm³/mol. The summed E-state index contributed by atoms with van der Waals surface area (Å²) in [6, 6.07) is 0. The molecule has 0 atom stereocenters. The summed E-state index contributed by atoms with van der Waals surface area (Å²) in [5.41, 5.74) is 0.707. The van der Waals surface area contributed by atoms with Crippen molar-refractivity contribution in [3.05, 3.63) is 29.8 Å². The molecule has 0 aliphatic heterocycles. The first-order chi connectivity index (χ1) is 6.13. The molecule has 5 heteroatoms. The molecule has 5 nitrogen and oxygen atoms in total. The minimum Gasteiger partial charge on any atom is -0.515 e. The van der Waals surface area contributed by atoms with Gasteiger partial charge >= 0.3 is 5.97 Å². The number of aliphatic carboxylic acids is 1. The van der Waals surface area contributed by atoms with Crippen molar-refractivity contribution in [3.8, 4) is 0 Å². The molecular formula is C8H10N2O3. The Morgan fingerprint density at radius 1 is 1.77 bits per heavy atom. The summed E-state index contributed by atoms with van der Waals surface area (Å²) in [6.07, 6.45) is 4.05. The van der Waals surface area contributed by atoms with Gasteiger partial charge in [0.25, 0.3) is 0 Å². The van der Waals surface area contributed by atoms with Gasteiger partial charge in [0.05, 0.1) is 18.0 Å². The number of hydrogen-bond acceptors (Lipinski definition) is 3. The standard InChI is InChI=1S/C8H10N2O3/c1-10-4-6(3-9-10)2-7(5-11)8(12)13/h3-5,11H,2H2,1H3,(H,12,13). The highest BCUT2D eigenvalue weighted by Crippen LogP contribution is 2.06. The van der Waals surface area contributed by atoms with Gasteiger partial charge in [0.1, 0.15) is 0 Å². The number of carboxylic acids is 1. The molecule has 1 heterocycles. The number of aromatic nitrogens is 2. The van der Waals surface area contributed by atoms with Crippen molar-refractivity contribution in [1.82, 2.24) is 9.78 Å². The Balaban J connectivity index is 2.73. The van der Waals surface area contributed by atoms with Crippen LogP contribution in [0.25, 0.3) is 0 Å². The van der Waals surface area contributed by atoms with Crippen LogP contribution in [0.15, 0.2) is 24.2 Å². The van der Waals surface area contributed by atoms with E-state index in [-0.39, 0.29) is 12.0 Å². The zero-order chi connectivity index (χ0) is 9.84. The largest absolute Gasteiger partial charge is 0.515 e. The average Bonchev–Trinajstić information content (AvgIpc) is 2.46. The number of nitrogens with zero attached hydrogens (tertiary/aromatic N) is 2. The first-order valence-corrected chi connectivity index (χ1v) is 3.67. The molecule has 0 unspecified atom stereocenters. The van der Waals surface area contributed by atoms with E-state index in [1.54, 1.807) is 24.1 Å². The quantitative estimate of drug-likeness (QED) is 0.527. The second kappa shape index (κ2) is 3.75. The van der Waals surface area contributed by atoms with Gasteiger partial charge in [-0.05, 0) is 5.56 Å². The van der Waals surface area contributed by atoms with Crippen LogP contribution in [0.3, 0.4) is 0 Å². The Hall–Kier alpha value is -1.78. The molecule has 0 saturated carbocycles. The van der Waals surface area contributed by atoms with Crippen molar-refractivity contribution < 1.29 is 15.0 Å². The summed E-state index contributed by atoms with van der Waals surface area (Å²) >= 11 is 0. The lowest BCUT2D eigenvalue weighted by molar-refractivity contribution is -0.132. The number of rotatable bonds is 3. The van der Waals surface area contributed by atoms with E-state index in [4.69, 9.17) is 10.2 Å². The number of carboxylic acid groups (broad SMARTS) is 1. The molecule has 2 N–H and O–H groups in total. The maximum Gasteiger partial charge on any atom is 0.335 e. The molecule has 0 fully saturated rings. The molecule has 0 amide bonds. The molecule has 70 valence electrons. The van der Waals surface area contributed by atoms with Crippen LogP contribution in [0.1, 0.15) is 5.56 Å². The van der Waals surface area contributed by atoms with E-state index in [1.165, 1.54) is 0 Å². The fraction of sp³-hybridized carbons (Fsp3) is 0.250. The Labute approximate surface area is 74.9 Å². The summed E-state index contributed by atoms with van der Waals surface area (Å²) in [7, 11) is 1.74. The maximum atomic E-state index is 10.5. The van der Waals surface area contributed by atoms with Crippen LogP contribution in [-0.4, -0.2) is 26.0 Å². The summed E-state index contributed by atoms with van der Waals surface area (Å²) < 4.78 is 1.58. The van der Waals surface area contributed by atoms with E-state index >= 15 is 0 Å². The Kier molecular flexibility index (Phi) is 2.69. The first-order valence-electron chi connectivity index (χ1n) is 3.67. The van der Waals surface area contributed by atoms with Gasteiger partial charge < -0.3 is 10.2 Å². The Morgan fingerprint density at radius 2 is 2.46 bits per heavy atom. The van der Waals surface area contributed by atoms with Gasteiger partial charge in [-0.1, -0.05) is 0 Å². The lowest BCUT2D eigenvalue weighted by Crippen LogP contribution is -2.03. The lowest BCUT2D eigenvalue weighted by atomic mass is 10.1. The number of hydrogen-bond donors (Lipinski definition) is 2. The van der Waals surface area contributed by atoms with Gasteiger partial charge in [0.2, 0.25) is 0 Å². The molecular weight excluding hydrogens is 172 g/mol. The van der Waals surface area contributed by atoms with Crippen LogP contribution < -0.4 is 0 Å². The number of aliphatic hydroxyl groups is 1. The SMILES string of the molecule is Cn1cc(CC(=CO)C(=O)O)cn1. The van der Waals surface area contributed by atoms with Crippen molar-refractivity contribution in [2.75, 3.05) is 0 Å². The zero-order valence-electron chi connectivity index (χ0n) is 7.14. The molecule has 0 saturated heterocycles. The number of carbonyl (C=O) groups is 1. The monoisotopic (exact) mass is 182 g/mol. The first kappa shape index (κ1) is 9.31. The van der Waals surface area contributed by atoms with Crippen LogP contribution in [-0.2, 0) is 18.3 Å². The topological polar surface area (TPSA) is 75.4 Å². The summed E-state index contributed by atoms with van der Waals surface area (Å²) in [5, 5.41) is 21.1. The van der Waals surface area contributed by atoms with E-state index in [0.717, 1.165) is 5.56 Å². The summed E-state index contributed by atoms with van der Waals surface area (Å²) in [5.74, 6) is -1.12. The lowest BCUT2D eigenvalue weighted by Gasteiger charge is -1.96. The second-order valence-electron chi connectivity index (χ2n) is 2.66. The van der Waals surface area contributed by atoms with E-state index in [9.17, 15) is 4.79 Å². The molecule has 1 aromatic heterocycles. The van der Waals surface area contributed by atoms with E-state index in [2.05, 4.69) is 5.10 Å². The van der Waals surface area contributed by atoms with Crippen LogP contribution in [0.2, 0.25) is 0 Å². The Bertz CT molecular complexity index is 341. The fourth-order valence-electron chi connectivity index (χ4n) is 0.960. The van der Waals surface area contributed by atoms with Crippen molar-refractivity contribution in [3.63, 3.8) is 0 Å². The maximum absolute atomic E-state index is 10.5. The second-order valence-corrected chi connectivity index (χ2v) is 2.66. The molecule has 0 aliphatic carbocycles. The highest BCUT2D eigenvalue weighted by Gasteiger charge is 2.09. The summed E-state index contributed by atoms with van der Waals surface area (Å²) in [6.45, 7) is 0. The minimum absolute atomic E-state index is 0.0481. The summed E-state index contributed by atoms with van der Waals surface area (Å²) in [4.78, 5) is 10.5. The normalized spacial score (nSPS) is 11.6.